The molecule has 0 saturated heterocycles. The Balaban J connectivity index is 3.53. The second-order valence-electron chi connectivity index (χ2n) is 8.01. The molecule has 0 aliphatic carbocycles. The van der Waals surface area contributed by atoms with Crippen molar-refractivity contribution in [3.63, 3.8) is 0 Å². The van der Waals surface area contributed by atoms with Crippen LogP contribution < -0.4 is 5.32 Å². The molecule has 7 nitrogen and oxygen atoms in total. The molecule has 1 unspecified atom stereocenters. The van der Waals surface area contributed by atoms with E-state index < -0.39 is 12.1 Å². The van der Waals surface area contributed by atoms with E-state index in [4.69, 9.17) is 14.2 Å². The fourth-order valence-corrected chi connectivity index (χ4v) is 3.54. The summed E-state index contributed by atoms with van der Waals surface area (Å²) in [6.45, 7) is 9.74. The van der Waals surface area contributed by atoms with Crippen molar-refractivity contribution >= 4 is 29.8 Å². The molecule has 0 heterocycles. The maximum atomic E-state index is 12.0. The lowest BCUT2D eigenvalue weighted by Gasteiger charge is -2.12. The predicted molar refractivity (Wildman–Crippen MR) is 130 cm³/mol. The van der Waals surface area contributed by atoms with Crippen LogP contribution in [0.5, 0.6) is 0 Å². The fraction of sp³-hybridized carbons (Fsp3) is 0.792. The molecule has 0 aromatic heterocycles. The summed E-state index contributed by atoms with van der Waals surface area (Å²) in [4.78, 5) is 34.7. The van der Waals surface area contributed by atoms with Crippen molar-refractivity contribution in [2.24, 2.45) is 5.92 Å². The van der Waals surface area contributed by atoms with E-state index in [0.717, 1.165) is 12.8 Å². The van der Waals surface area contributed by atoms with Crippen LogP contribution in [0.15, 0.2) is 12.2 Å². The molecule has 0 aromatic carbocycles. The molecule has 0 saturated carbocycles. The highest BCUT2D eigenvalue weighted by Crippen LogP contribution is 2.12. The van der Waals surface area contributed by atoms with Gasteiger partial charge in [-0.2, -0.15) is 0 Å². The first-order valence-electron chi connectivity index (χ1n) is 11.9. The maximum Gasteiger partial charge on any atom is 0.408 e. The van der Waals surface area contributed by atoms with E-state index in [1.54, 1.807) is 6.92 Å². The summed E-state index contributed by atoms with van der Waals surface area (Å²) in [6, 6.07) is 0. The number of amides is 1. The van der Waals surface area contributed by atoms with E-state index >= 15 is 0 Å². The van der Waals surface area contributed by atoms with Crippen LogP contribution in [0.25, 0.3) is 0 Å². The summed E-state index contributed by atoms with van der Waals surface area (Å²) in [5.41, 5.74) is 0.306. The first-order chi connectivity index (χ1) is 15.4. The summed E-state index contributed by atoms with van der Waals surface area (Å²) >= 11 is 1.34. The van der Waals surface area contributed by atoms with Crippen LogP contribution in [-0.4, -0.2) is 49.5 Å². The second-order valence-corrected chi connectivity index (χ2v) is 8.99. The Kier molecular flexibility index (Phi) is 20.0. The minimum Gasteiger partial charge on any atom is -0.465 e. The number of rotatable bonds is 20. The van der Waals surface area contributed by atoms with Crippen molar-refractivity contribution in [2.45, 2.75) is 85.0 Å². The monoisotopic (exact) mass is 473 g/mol. The van der Waals surface area contributed by atoms with Crippen molar-refractivity contribution in [3.8, 4) is 0 Å². The number of nitrogens with one attached hydrogen (secondary N) is 1. The summed E-state index contributed by atoms with van der Waals surface area (Å²) in [7, 11) is 0. The van der Waals surface area contributed by atoms with E-state index in [1.165, 1.54) is 63.1 Å². The van der Waals surface area contributed by atoms with Crippen molar-refractivity contribution in [2.75, 3.05) is 31.5 Å². The second kappa shape index (κ2) is 21.2. The number of carbonyl (C=O) groups is 3. The van der Waals surface area contributed by atoms with Crippen molar-refractivity contribution in [1.29, 1.82) is 0 Å². The zero-order chi connectivity index (χ0) is 24.0. The molecule has 1 N–H and O–H groups in total. The number of thioether (sulfide) groups is 1. The van der Waals surface area contributed by atoms with Crippen LogP contribution in [0.2, 0.25) is 0 Å². The number of unbranched alkanes of at least 4 members (excludes halogenated alkanes) is 9. The van der Waals surface area contributed by atoms with Crippen LogP contribution in [0.1, 0.15) is 85.0 Å². The molecule has 32 heavy (non-hydrogen) atoms. The maximum absolute atomic E-state index is 12.0. The number of esters is 2. The summed E-state index contributed by atoms with van der Waals surface area (Å²) < 4.78 is 15.2. The van der Waals surface area contributed by atoms with Crippen LogP contribution in [-0.2, 0) is 23.8 Å². The molecule has 0 aromatic rings. The van der Waals surface area contributed by atoms with Gasteiger partial charge in [0, 0.05) is 11.3 Å². The Morgan fingerprint density at radius 1 is 0.875 bits per heavy atom. The average Bonchev–Trinajstić information content (AvgIpc) is 2.77. The molecular formula is C24H43NO6S. The molecular weight excluding hydrogens is 430 g/mol. The normalized spacial score (nSPS) is 11.5. The largest absolute Gasteiger partial charge is 0.465 e. The number of ether oxygens (including phenoxy) is 3. The van der Waals surface area contributed by atoms with E-state index in [-0.39, 0.29) is 31.0 Å². The zero-order valence-electron chi connectivity index (χ0n) is 20.2. The van der Waals surface area contributed by atoms with Crippen molar-refractivity contribution < 1.29 is 28.6 Å². The fourth-order valence-electron chi connectivity index (χ4n) is 2.76. The third-order valence-corrected chi connectivity index (χ3v) is 5.76. The highest BCUT2D eigenvalue weighted by atomic mass is 32.2. The molecule has 0 aliphatic rings. The SMILES string of the molecule is C=C(C)C(=O)OCCNC(=O)OCSCC(C)C(=O)OCCCCCCCCCCCC. The first kappa shape index (κ1) is 30.3. The third-order valence-electron chi connectivity index (χ3n) is 4.74. The quantitative estimate of drug-likeness (QED) is 0.0806. The summed E-state index contributed by atoms with van der Waals surface area (Å²) in [6.07, 6.45) is 11.9. The van der Waals surface area contributed by atoms with Gasteiger partial charge >= 0.3 is 18.0 Å². The van der Waals surface area contributed by atoms with Crippen LogP contribution >= 0.6 is 11.8 Å². The minimum absolute atomic E-state index is 0.0514. The lowest BCUT2D eigenvalue weighted by atomic mass is 10.1. The van der Waals surface area contributed by atoms with Gasteiger partial charge in [-0.15, -0.1) is 11.8 Å². The zero-order valence-corrected chi connectivity index (χ0v) is 21.1. The molecule has 186 valence electrons. The van der Waals surface area contributed by atoms with E-state index in [1.807, 2.05) is 6.92 Å². The number of hydrogen-bond acceptors (Lipinski definition) is 7. The van der Waals surface area contributed by atoms with Crippen LogP contribution in [0.4, 0.5) is 4.79 Å². The predicted octanol–water partition coefficient (Wildman–Crippen LogP) is 5.62. The third kappa shape index (κ3) is 19.0. The Bertz CT molecular complexity index is 541. The standard InChI is InChI=1S/C24H43NO6S/c1-5-6-7-8-9-10-11-12-13-14-16-29-23(27)21(4)18-32-19-31-24(28)25-15-17-30-22(26)20(2)3/h21H,2,5-19H2,1,3-4H3,(H,25,28). The van der Waals surface area contributed by atoms with Gasteiger partial charge in [0.2, 0.25) is 0 Å². The Hall–Kier alpha value is -1.70. The van der Waals surface area contributed by atoms with Gasteiger partial charge in [0.15, 0.2) is 0 Å². The van der Waals surface area contributed by atoms with Gasteiger partial charge in [-0.1, -0.05) is 78.2 Å². The molecule has 0 rings (SSSR count). The molecule has 1 atom stereocenters. The van der Waals surface area contributed by atoms with E-state index in [2.05, 4.69) is 18.8 Å². The summed E-state index contributed by atoms with van der Waals surface area (Å²) in [5.74, 6) is -0.313. The highest BCUT2D eigenvalue weighted by Gasteiger charge is 2.14. The van der Waals surface area contributed by atoms with Gasteiger partial charge in [0.25, 0.3) is 0 Å². The van der Waals surface area contributed by atoms with E-state index in [0.29, 0.717) is 17.9 Å². The topological polar surface area (TPSA) is 90.9 Å². The molecule has 0 bridgehead atoms. The molecule has 0 aliphatic heterocycles. The molecule has 8 heteroatoms. The molecule has 0 spiro atoms. The Morgan fingerprint density at radius 2 is 1.47 bits per heavy atom. The number of alkyl carbamates (subject to hydrolysis) is 1. The van der Waals surface area contributed by atoms with E-state index in [9.17, 15) is 14.4 Å². The number of carbonyl (C=O) groups excluding carboxylic acids is 3. The first-order valence-corrected chi connectivity index (χ1v) is 13.0. The lowest BCUT2D eigenvalue weighted by molar-refractivity contribution is -0.147. The average molecular weight is 474 g/mol. The van der Waals surface area contributed by atoms with Crippen molar-refractivity contribution in [1.82, 2.24) is 5.32 Å². The van der Waals surface area contributed by atoms with Crippen molar-refractivity contribution in [3.05, 3.63) is 12.2 Å². The van der Waals surface area contributed by atoms with Crippen LogP contribution in [0.3, 0.4) is 0 Å². The van der Waals surface area contributed by atoms with Gasteiger partial charge < -0.3 is 19.5 Å². The number of hydrogen-bond donors (Lipinski definition) is 1. The van der Waals surface area contributed by atoms with Crippen LogP contribution in [0, 0.1) is 5.92 Å². The molecule has 1 amide bonds. The molecule has 0 fully saturated rings. The smallest absolute Gasteiger partial charge is 0.408 e. The van der Waals surface area contributed by atoms with Gasteiger partial charge in [-0.05, 0) is 13.3 Å². The Labute approximate surface area is 198 Å². The van der Waals surface area contributed by atoms with Gasteiger partial charge in [0.05, 0.1) is 19.1 Å². The van der Waals surface area contributed by atoms with Gasteiger partial charge in [0.1, 0.15) is 12.5 Å². The highest BCUT2D eigenvalue weighted by molar-refractivity contribution is 7.99. The van der Waals surface area contributed by atoms with Gasteiger partial charge in [-0.3, -0.25) is 4.79 Å². The lowest BCUT2D eigenvalue weighted by Crippen LogP contribution is -2.28. The summed E-state index contributed by atoms with van der Waals surface area (Å²) in [5, 5.41) is 2.48. The Morgan fingerprint density at radius 3 is 2.06 bits per heavy atom. The van der Waals surface area contributed by atoms with Gasteiger partial charge in [-0.25, -0.2) is 9.59 Å². The minimum atomic E-state index is -0.597. The molecule has 0 radical (unpaired) electrons.